The van der Waals surface area contributed by atoms with E-state index >= 15 is 0 Å². The Morgan fingerprint density at radius 2 is 1.86 bits per heavy atom. The lowest BCUT2D eigenvalue weighted by Crippen LogP contribution is -1.96. The molecule has 0 spiro atoms. The predicted octanol–water partition coefficient (Wildman–Crippen LogP) is 4.81. The molecule has 0 unspecified atom stereocenters. The lowest BCUT2D eigenvalue weighted by Gasteiger charge is -2.04. The van der Waals surface area contributed by atoms with Crippen LogP contribution in [0.2, 0.25) is 10.0 Å². The van der Waals surface area contributed by atoms with Crippen LogP contribution in [0, 0.1) is 0 Å². The maximum absolute atomic E-state index is 12.0. The summed E-state index contributed by atoms with van der Waals surface area (Å²) in [6, 6.07) is 12.0. The number of methoxy groups -OCH3 is 1. The lowest BCUT2D eigenvalue weighted by atomic mass is 10.1. The fraction of sp³-hybridized carbons (Fsp3) is 0.0625. The minimum Gasteiger partial charge on any atom is -0.497 e. The number of ketones is 1. The maximum atomic E-state index is 12.0. The molecule has 21 heavy (non-hydrogen) atoms. The molecule has 0 aliphatic rings. The van der Waals surface area contributed by atoms with Gasteiger partial charge in [0.1, 0.15) is 5.75 Å². The van der Waals surface area contributed by atoms with Gasteiger partial charge in [-0.1, -0.05) is 23.2 Å². The number of ether oxygens (including phenoxy) is 1. The van der Waals surface area contributed by atoms with E-state index in [0.29, 0.717) is 27.0 Å². The molecule has 2 rings (SSSR count). The third kappa shape index (κ3) is 4.25. The van der Waals surface area contributed by atoms with Crippen LogP contribution in [0.25, 0.3) is 0 Å². The van der Waals surface area contributed by atoms with Gasteiger partial charge in [0.25, 0.3) is 0 Å². The molecule has 1 N–H and O–H groups in total. The van der Waals surface area contributed by atoms with Gasteiger partial charge < -0.3 is 10.1 Å². The van der Waals surface area contributed by atoms with Crippen LogP contribution >= 0.6 is 23.2 Å². The van der Waals surface area contributed by atoms with Crippen LogP contribution < -0.4 is 10.1 Å². The van der Waals surface area contributed by atoms with E-state index in [1.165, 1.54) is 6.08 Å². The fourth-order valence-corrected chi connectivity index (χ4v) is 2.13. The summed E-state index contributed by atoms with van der Waals surface area (Å²) in [6.45, 7) is 0. The molecule has 0 aliphatic carbocycles. The first-order chi connectivity index (χ1) is 10.1. The molecule has 0 aliphatic heterocycles. The van der Waals surface area contributed by atoms with Crippen molar-refractivity contribution in [2.75, 3.05) is 12.4 Å². The Labute approximate surface area is 133 Å². The van der Waals surface area contributed by atoms with Crippen molar-refractivity contribution >= 4 is 34.7 Å². The van der Waals surface area contributed by atoms with Crippen LogP contribution in [-0.2, 0) is 0 Å². The first-order valence-corrected chi connectivity index (χ1v) is 6.92. The number of nitrogens with one attached hydrogen (secondary N) is 1. The minimum absolute atomic E-state index is 0.116. The van der Waals surface area contributed by atoms with Crippen molar-refractivity contribution in [3.63, 3.8) is 0 Å². The molecule has 3 nitrogen and oxygen atoms in total. The summed E-state index contributed by atoms with van der Waals surface area (Å²) in [7, 11) is 1.58. The third-order valence-electron chi connectivity index (χ3n) is 2.78. The third-order valence-corrected chi connectivity index (χ3v) is 3.33. The molecule has 108 valence electrons. The topological polar surface area (TPSA) is 38.3 Å². The average Bonchev–Trinajstić information content (AvgIpc) is 2.49. The molecule has 0 amide bonds. The SMILES string of the molecule is COc1ccc(C(=O)C=CNc2ccc(Cl)cc2Cl)cc1. The minimum atomic E-state index is -0.116. The van der Waals surface area contributed by atoms with Gasteiger partial charge in [0.05, 0.1) is 17.8 Å². The van der Waals surface area contributed by atoms with Gasteiger partial charge in [-0.15, -0.1) is 0 Å². The first-order valence-electron chi connectivity index (χ1n) is 6.16. The zero-order valence-corrected chi connectivity index (χ0v) is 12.8. The number of hydrogen-bond donors (Lipinski definition) is 1. The second-order valence-corrected chi connectivity index (χ2v) is 5.04. The molecule has 0 radical (unpaired) electrons. The molecule has 2 aromatic carbocycles. The molecule has 0 saturated carbocycles. The van der Waals surface area contributed by atoms with E-state index in [4.69, 9.17) is 27.9 Å². The van der Waals surface area contributed by atoms with Crippen molar-refractivity contribution in [2.45, 2.75) is 0 Å². The molecule has 5 heteroatoms. The highest BCUT2D eigenvalue weighted by Crippen LogP contribution is 2.25. The highest BCUT2D eigenvalue weighted by molar-refractivity contribution is 6.36. The molecule has 2 aromatic rings. The average molecular weight is 322 g/mol. The monoisotopic (exact) mass is 321 g/mol. The summed E-state index contributed by atoms with van der Waals surface area (Å²) in [6.07, 6.45) is 2.98. The zero-order chi connectivity index (χ0) is 15.2. The number of benzene rings is 2. The van der Waals surface area contributed by atoms with Crippen LogP contribution in [0.15, 0.2) is 54.7 Å². The van der Waals surface area contributed by atoms with E-state index in [2.05, 4.69) is 5.32 Å². The molecule has 0 aromatic heterocycles. The van der Waals surface area contributed by atoms with Crippen LogP contribution in [-0.4, -0.2) is 12.9 Å². The van der Waals surface area contributed by atoms with Gasteiger partial charge in [-0.2, -0.15) is 0 Å². The molecule has 0 fully saturated rings. The van der Waals surface area contributed by atoms with E-state index in [1.54, 1.807) is 55.8 Å². The summed E-state index contributed by atoms with van der Waals surface area (Å²) in [4.78, 5) is 12.0. The summed E-state index contributed by atoms with van der Waals surface area (Å²) in [5, 5.41) is 4.00. The zero-order valence-electron chi connectivity index (χ0n) is 11.3. The van der Waals surface area contributed by atoms with Gasteiger partial charge in [-0.25, -0.2) is 0 Å². The number of carbonyl (C=O) groups excluding carboxylic acids is 1. The van der Waals surface area contributed by atoms with Gasteiger partial charge in [0, 0.05) is 22.9 Å². The highest BCUT2D eigenvalue weighted by Gasteiger charge is 2.02. The van der Waals surface area contributed by atoms with Gasteiger partial charge in [0.15, 0.2) is 5.78 Å². The second kappa shape index (κ2) is 7.16. The number of rotatable bonds is 5. The van der Waals surface area contributed by atoms with E-state index in [-0.39, 0.29) is 5.78 Å². The summed E-state index contributed by atoms with van der Waals surface area (Å²) >= 11 is 11.8. The molecular formula is C16H13Cl2NO2. The molecule has 0 heterocycles. The Hall–Kier alpha value is -1.97. The summed E-state index contributed by atoms with van der Waals surface area (Å²) < 4.78 is 5.04. The van der Waals surface area contributed by atoms with Crippen molar-refractivity contribution in [3.05, 3.63) is 70.3 Å². The van der Waals surface area contributed by atoms with Crippen LogP contribution in [0.5, 0.6) is 5.75 Å². The number of carbonyl (C=O) groups is 1. The van der Waals surface area contributed by atoms with Gasteiger partial charge in [0.2, 0.25) is 0 Å². The lowest BCUT2D eigenvalue weighted by molar-refractivity contribution is 0.104. The second-order valence-electron chi connectivity index (χ2n) is 4.19. The smallest absolute Gasteiger partial charge is 0.187 e. The fourth-order valence-electron chi connectivity index (χ4n) is 1.67. The molecular weight excluding hydrogens is 309 g/mol. The van der Waals surface area contributed by atoms with Crippen molar-refractivity contribution in [2.24, 2.45) is 0 Å². The summed E-state index contributed by atoms with van der Waals surface area (Å²) in [5.74, 6) is 0.594. The Bertz CT molecular complexity index is 666. The molecule has 0 atom stereocenters. The normalized spacial score (nSPS) is 10.6. The van der Waals surface area contributed by atoms with Crippen molar-refractivity contribution < 1.29 is 9.53 Å². The summed E-state index contributed by atoms with van der Waals surface area (Å²) in [5.41, 5.74) is 1.26. The van der Waals surface area contributed by atoms with E-state index in [1.807, 2.05) is 0 Å². The first kappa shape index (κ1) is 15.4. The Morgan fingerprint density at radius 1 is 1.14 bits per heavy atom. The Balaban J connectivity index is 2.01. The number of hydrogen-bond acceptors (Lipinski definition) is 3. The highest BCUT2D eigenvalue weighted by atomic mass is 35.5. The van der Waals surface area contributed by atoms with Gasteiger partial charge in [-0.05, 0) is 42.5 Å². The molecule has 0 bridgehead atoms. The van der Waals surface area contributed by atoms with Crippen molar-refractivity contribution in [3.8, 4) is 5.75 Å². The standard InChI is InChI=1S/C16H13Cl2NO2/c1-21-13-5-2-11(3-6-13)16(20)8-9-19-15-7-4-12(17)10-14(15)18/h2-10,19H,1H3. The number of halogens is 2. The number of allylic oxidation sites excluding steroid dienone is 1. The van der Waals surface area contributed by atoms with Crippen LogP contribution in [0.3, 0.4) is 0 Å². The van der Waals surface area contributed by atoms with E-state index in [9.17, 15) is 4.79 Å². The predicted molar refractivity (Wildman–Crippen MR) is 86.5 cm³/mol. The van der Waals surface area contributed by atoms with Crippen molar-refractivity contribution in [1.29, 1.82) is 0 Å². The van der Waals surface area contributed by atoms with E-state index < -0.39 is 0 Å². The number of anilines is 1. The van der Waals surface area contributed by atoms with E-state index in [0.717, 1.165) is 0 Å². The van der Waals surface area contributed by atoms with Gasteiger partial charge >= 0.3 is 0 Å². The van der Waals surface area contributed by atoms with Crippen molar-refractivity contribution in [1.82, 2.24) is 0 Å². The van der Waals surface area contributed by atoms with Crippen LogP contribution in [0.4, 0.5) is 5.69 Å². The molecule has 0 saturated heterocycles. The Morgan fingerprint density at radius 3 is 2.48 bits per heavy atom. The van der Waals surface area contributed by atoms with Gasteiger partial charge in [-0.3, -0.25) is 4.79 Å². The Kier molecular flexibility index (Phi) is 5.26. The maximum Gasteiger partial charge on any atom is 0.187 e. The largest absolute Gasteiger partial charge is 0.497 e. The van der Waals surface area contributed by atoms with Crippen LogP contribution in [0.1, 0.15) is 10.4 Å². The quantitative estimate of drug-likeness (QED) is 0.634.